The number of hydrogen-bond donors (Lipinski definition) is 1. The third-order valence-electron chi connectivity index (χ3n) is 3.06. The van der Waals surface area contributed by atoms with Gasteiger partial charge in [-0.15, -0.1) is 0 Å². The predicted molar refractivity (Wildman–Crippen MR) is 82.8 cm³/mol. The summed E-state index contributed by atoms with van der Waals surface area (Å²) in [4.78, 5) is 11.2. The van der Waals surface area contributed by atoms with Crippen LogP contribution in [-0.4, -0.2) is 31.2 Å². The van der Waals surface area contributed by atoms with E-state index in [1.54, 1.807) is 18.2 Å². The second kappa shape index (κ2) is 8.91. The second-order valence-corrected chi connectivity index (χ2v) is 6.00. The van der Waals surface area contributed by atoms with Gasteiger partial charge in [-0.25, -0.2) is 13.2 Å². The van der Waals surface area contributed by atoms with Crippen LogP contribution in [0.3, 0.4) is 0 Å². The SMILES string of the molecule is COC(=O)c1cc(C=Cc2ccc(S(=O)(=O)[O-])cc2)ccc1O.[K+]. The molecule has 1 N–H and O–H groups in total. The summed E-state index contributed by atoms with van der Waals surface area (Å²) in [5, 5.41) is 9.62. The summed E-state index contributed by atoms with van der Waals surface area (Å²) in [6, 6.07) is 9.87. The third-order valence-corrected chi connectivity index (χ3v) is 3.91. The maximum atomic E-state index is 11.5. The molecule has 0 saturated carbocycles. The number of aromatic hydroxyl groups is 1. The van der Waals surface area contributed by atoms with Crippen LogP contribution in [-0.2, 0) is 14.9 Å². The van der Waals surface area contributed by atoms with E-state index in [1.165, 1.54) is 43.5 Å². The van der Waals surface area contributed by atoms with Crippen molar-refractivity contribution in [2.75, 3.05) is 7.11 Å². The summed E-state index contributed by atoms with van der Waals surface area (Å²) in [6.07, 6.45) is 3.35. The minimum atomic E-state index is -4.46. The Morgan fingerprint density at radius 3 is 2.17 bits per heavy atom. The molecular weight excluding hydrogens is 359 g/mol. The molecule has 0 fully saturated rings. The summed E-state index contributed by atoms with van der Waals surface area (Å²) >= 11 is 0. The number of benzene rings is 2. The topological polar surface area (TPSA) is 104 Å². The standard InChI is InChI=1S/C16H14O6S.K/c1-22-16(18)14-10-12(6-9-15(14)17)3-2-11-4-7-13(8-5-11)23(19,20)21;/h2-10,17H,1H3,(H,19,20,21);/q;+1/p-1. The zero-order chi connectivity index (χ0) is 17.0. The minimum absolute atomic E-state index is 0. The van der Waals surface area contributed by atoms with Crippen LogP contribution in [0.4, 0.5) is 0 Å². The number of phenols is 1. The Balaban J connectivity index is 0.00000288. The molecule has 2 aromatic carbocycles. The molecule has 0 aromatic heterocycles. The van der Waals surface area contributed by atoms with E-state index < -0.39 is 16.1 Å². The van der Waals surface area contributed by atoms with Gasteiger partial charge in [0.05, 0.1) is 12.0 Å². The first-order valence-corrected chi connectivity index (χ1v) is 7.87. The summed E-state index contributed by atoms with van der Waals surface area (Å²) in [6.45, 7) is 0. The first-order valence-electron chi connectivity index (χ1n) is 6.46. The van der Waals surface area contributed by atoms with Crippen LogP contribution in [0.2, 0.25) is 0 Å². The van der Waals surface area contributed by atoms with E-state index in [-0.39, 0.29) is 67.6 Å². The molecule has 2 rings (SSSR count). The molecule has 0 aliphatic heterocycles. The summed E-state index contributed by atoms with van der Waals surface area (Å²) < 4.78 is 37.1. The maximum Gasteiger partial charge on any atom is 1.00 e. The maximum absolute atomic E-state index is 11.5. The van der Waals surface area contributed by atoms with Crippen molar-refractivity contribution in [2.24, 2.45) is 0 Å². The van der Waals surface area contributed by atoms with Crippen LogP contribution in [0, 0.1) is 0 Å². The Labute approximate surface area is 182 Å². The molecule has 2 aromatic rings. The molecule has 0 bridgehead atoms. The van der Waals surface area contributed by atoms with Gasteiger partial charge in [-0.2, -0.15) is 0 Å². The van der Waals surface area contributed by atoms with Crippen molar-refractivity contribution in [1.29, 1.82) is 0 Å². The quantitative estimate of drug-likeness (QED) is 0.328. The summed E-state index contributed by atoms with van der Waals surface area (Å²) in [5.41, 5.74) is 1.36. The molecule has 8 heteroatoms. The fraction of sp³-hybridized carbons (Fsp3) is 0.0625. The number of phenolic OH excluding ortho intramolecular Hbond substituents is 1. The Bertz CT molecular complexity index is 857. The van der Waals surface area contributed by atoms with Gasteiger partial charge in [-0.1, -0.05) is 30.4 Å². The van der Waals surface area contributed by atoms with Crippen molar-refractivity contribution >= 4 is 28.2 Å². The molecule has 24 heavy (non-hydrogen) atoms. The van der Waals surface area contributed by atoms with Gasteiger partial charge in [-0.05, 0) is 35.4 Å². The molecule has 0 aliphatic carbocycles. The first kappa shape index (κ1) is 21.0. The molecule has 0 aliphatic rings. The van der Waals surface area contributed by atoms with Crippen LogP contribution in [0.5, 0.6) is 5.75 Å². The Morgan fingerprint density at radius 1 is 1.08 bits per heavy atom. The molecule has 0 atom stereocenters. The van der Waals surface area contributed by atoms with Crippen LogP contribution < -0.4 is 51.4 Å². The average molecular weight is 372 g/mol. The van der Waals surface area contributed by atoms with Gasteiger partial charge in [-0.3, -0.25) is 0 Å². The van der Waals surface area contributed by atoms with Gasteiger partial charge < -0.3 is 14.4 Å². The number of hydrogen-bond acceptors (Lipinski definition) is 6. The Morgan fingerprint density at radius 2 is 1.62 bits per heavy atom. The molecule has 0 amide bonds. The number of methoxy groups -OCH3 is 1. The predicted octanol–water partition coefficient (Wildman–Crippen LogP) is -0.743. The van der Waals surface area contributed by atoms with Crippen molar-refractivity contribution in [3.05, 3.63) is 59.2 Å². The molecule has 0 radical (unpaired) electrons. The second-order valence-electron chi connectivity index (χ2n) is 4.62. The molecule has 6 nitrogen and oxygen atoms in total. The van der Waals surface area contributed by atoms with Crippen molar-refractivity contribution < 1.29 is 79.0 Å². The van der Waals surface area contributed by atoms with Gasteiger partial charge in [0.2, 0.25) is 0 Å². The van der Waals surface area contributed by atoms with Gasteiger partial charge in [0.1, 0.15) is 21.4 Å². The van der Waals surface area contributed by atoms with Gasteiger partial charge >= 0.3 is 57.4 Å². The van der Waals surface area contributed by atoms with Gasteiger partial charge in [0.25, 0.3) is 0 Å². The molecule has 0 heterocycles. The smallest absolute Gasteiger partial charge is 0.744 e. The molecule has 120 valence electrons. The Hall–Kier alpha value is -1.00. The first-order chi connectivity index (χ1) is 10.8. The van der Waals surface area contributed by atoms with E-state index >= 15 is 0 Å². The largest absolute Gasteiger partial charge is 1.00 e. The normalized spacial score (nSPS) is 11.1. The van der Waals surface area contributed by atoms with Crippen LogP contribution >= 0.6 is 0 Å². The average Bonchev–Trinajstić information content (AvgIpc) is 2.53. The number of carbonyl (C=O) groups is 1. The number of esters is 1. The summed E-state index contributed by atoms with van der Waals surface area (Å²) in [5.74, 6) is -0.832. The fourth-order valence-corrected chi connectivity index (χ4v) is 2.34. The number of ether oxygens (including phenoxy) is 1. The van der Waals surface area contributed by atoms with E-state index in [0.717, 1.165) is 0 Å². The number of rotatable bonds is 4. The van der Waals surface area contributed by atoms with E-state index in [1.807, 2.05) is 0 Å². The zero-order valence-electron chi connectivity index (χ0n) is 13.1. The van der Waals surface area contributed by atoms with E-state index in [2.05, 4.69) is 4.74 Å². The van der Waals surface area contributed by atoms with E-state index in [4.69, 9.17) is 0 Å². The van der Waals surface area contributed by atoms with Gasteiger partial charge in [0.15, 0.2) is 0 Å². The van der Waals surface area contributed by atoms with Crippen LogP contribution in [0.1, 0.15) is 21.5 Å². The van der Waals surface area contributed by atoms with Crippen molar-refractivity contribution in [3.8, 4) is 5.75 Å². The summed E-state index contributed by atoms with van der Waals surface area (Å²) in [7, 11) is -3.24. The molecular formula is C16H13KO6S. The van der Waals surface area contributed by atoms with Gasteiger partial charge in [0, 0.05) is 0 Å². The van der Waals surface area contributed by atoms with E-state index in [0.29, 0.717) is 11.1 Å². The van der Waals surface area contributed by atoms with Crippen LogP contribution in [0.25, 0.3) is 12.2 Å². The molecule has 0 saturated heterocycles. The fourth-order valence-electron chi connectivity index (χ4n) is 1.87. The third kappa shape index (κ3) is 5.52. The minimum Gasteiger partial charge on any atom is -0.744 e. The monoisotopic (exact) mass is 372 g/mol. The van der Waals surface area contributed by atoms with Crippen molar-refractivity contribution in [1.82, 2.24) is 0 Å². The van der Waals surface area contributed by atoms with Crippen molar-refractivity contribution in [2.45, 2.75) is 4.90 Å². The van der Waals surface area contributed by atoms with Crippen LogP contribution in [0.15, 0.2) is 47.4 Å². The molecule has 0 spiro atoms. The zero-order valence-corrected chi connectivity index (χ0v) is 17.0. The van der Waals surface area contributed by atoms with E-state index in [9.17, 15) is 22.9 Å². The van der Waals surface area contributed by atoms with Crippen molar-refractivity contribution in [3.63, 3.8) is 0 Å². The molecule has 0 unspecified atom stereocenters. The number of carbonyl (C=O) groups excluding carboxylic acids is 1. The Kier molecular flexibility index (Phi) is 7.81.